The summed E-state index contributed by atoms with van der Waals surface area (Å²) in [4.78, 5) is 0. The molecule has 0 aliphatic carbocycles. The molecule has 3 N–H and O–H groups in total. The first-order valence-corrected chi connectivity index (χ1v) is 6.80. The second-order valence-electron chi connectivity index (χ2n) is 5.13. The zero-order valence-electron chi connectivity index (χ0n) is 12.3. The highest BCUT2D eigenvalue weighted by molar-refractivity contribution is 5.35. The first-order valence-electron chi connectivity index (χ1n) is 6.80. The van der Waals surface area contributed by atoms with E-state index in [1.54, 1.807) is 7.11 Å². The lowest BCUT2D eigenvalue weighted by atomic mass is 9.94. The molecule has 0 saturated heterocycles. The number of nitrogens with one attached hydrogen (secondary N) is 1. The largest absolute Gasteiger partial charge is 0.497 e. The highest BCUT2D eigenvalue weighted by Crippen LogP contribution is 2.24. The Balaban J connectivity index is 2.26. The number of methoxy groups -OCH3 is 1. The third kappa shape index (κ3) is 3.38. The van der Waals surface area contributed by atoms with E-state index in [-0.39, 0.29) is 6.04 Å². The lowest BCUT2D eigenvalue weighted by Crippen LogP contribution is -2.30. The van der Waals surface area contributed by atoms with Gasteiger partial charge in [0.15, 0.2) is 0 Å². The Morgan fingerprint density at radius 3 is 2.65 bits per heavy atom. The van der Waals surface area contributed by atoms with Crippen LogP contribution in [0.2, 0.25) is 0 Å². The highest BCUT2D eigenvalue weighted by atomic mass is 16.5. The number of rotatable bonds is 5. The molecule has 2 aromatic carbocycles. The van der Waals surface area contributed by atoms with Gasteiger partial charge in [-0.25, -0.2) is 0 Å². The lowest BCUT2D eigenvalue weighted by molar-refractivity contribution is 0.414. The molecule has 1 unspecified atom stereocenters. The number of benzene rings is 2. The molecule has 0 aromatic heterocycles. The molecule has 0 saturated carbocycles. The zero-order valence-corrected chi connectivity index (χ0v) is 12.3. The normalized spacial score (nSPS) is 12.2. The maximum Gasteiger partial charge on any atom is 0.119 e. The Morgan fingerprint density at radius 2 is 1.95 bits per heavy atom. The van der Waals surface area contributed by atoms with E-state index in [0.717, 1.165) is 12.2 Å². The van der Waals surface area contributed by atoms with E-state index in [1.165, 1.54) is 22.3 Å². The molecule has 2 rings (SSSR count). The molecule has 3 heteroatoms. The van der Waals surface area contributed by atoms with Crippen molar-refractivity contribution >= 4 is 0 Å². The summed E-state index contributed by atoms with van der Waals surface area (Å²) in [7, 11) is 1.68. The van der Waals surface area contributed by atoms with Gasteiger partial charge in [0.05, 0.1) is 13.2 Å². The van der Waals surface area contributed by atoms with Crippen molar-refractivity contribution in [3.8, 4) is 5.75 Å². The van der Waals surface area contributed by atoms with E-state index in [2.05, 4.69) is 49.6 Å². The standard InChI is InChI=1S/C17H22N2O/c1-12-7-8-13(2)16(9-12)17(19-18)11-14-5-4-6-15(10-14)20-3/h4-10,17,19H,11,18H2,1-3H3. The summed E-state index contributed by atoms with van der Waals surface area (Å²) in [6.07, 6.45) is 0.831. The SMILES string of the molecule is COc1cccc(CC(NN)c2cc(C)ccc2C)c1. The minimum absolute atomic E-state index is 0.0991. The summed E-state index contributed by atoms with van der Waals surface area (Å²) in [5.41, 5.74) is 7.88. The molecule has 1 atom stereocenters. The number of hydrazine groups is 1. The van der Waals surface area contributed by atoms with Crippen LogP contribution in [0.3, 0.4) is 0 Å². The molecule has 20 heavy (non-hydrogen) atoms. The van der Waals surface area contributed by atoms with E-state index >= 15 is 0 Å². The first-order chi connectivity index (χ1) is 9.63. The van der Waals surface area contributed by atoms with E-state index in [9.17, 15) is 0 Å². The maximum atomic E-state index is 5.76. The van der Waals surface area contributed by atoms with Crippen molar-refractivity contribution in [3.05, 3.63) is 64.7 Å². The minimum atomic E-state index is 0.0991. The number of nitrogens with two attached hydrogens (primary N) is 1. The Labute approximate surface area is 120 Å². The molecule has 0 aliphatic rings. The van der Waals surface area contributed by atoms with Gasteiger partial charge in [-0.1, -0.05) is 35.9 Å². The van der Waals surface area contributed by atoms with Crippen molar-refractivity contribution in [1.29, 1.82) is 0 Å². The van der Waals surface area contributed by atoms with Crippen LogP contribution in [0.15, 0.2) is 42.5 Å². The van der Waals surface area contributed by atoms with Crippen LogP contribution in [-0.2, 0) is 6.42 Å². The van der Waals surface area contributed by atoms with Crippen molar-refractivity contribution in [2.24, 2.45) is 5.84 Å². The quantitative estimate of drug-likeness (QED) is 0.648. The van der Waals surface area contributed by atoms with Gasteiger partial charge in [-0.3, -0.25) is 11.3 Å². The van der Waals surface area contributed by atoms with Crippen molar-refractivity contribution in [3.63, 3.8) is 0 Å². The highest BCUT2D eigenvalue weighted by Gasteiger charge is 2.13. The zero-order chi connectivity index (χ0) is 14.5. The molecule has 0 heterocycles. The lowest BCUT2D eigenvalue weighted by Gasteiger charge is -2.19. The van der Waals surface area contributed by atoms with Crippen LogP contribution < -0.4 is 16.0 Å². The molecule has 0 fully saturated rings. The molecule has 0 radical (unpaired) electrons. The second kappa shape index (κ2) is 6.55. The predicted molar refractivity (Wildman–Crippen MR) is 82.7 cm³/mol. The van der Waals surface area contributed by atoms with E-state index < -0.39 is 0 Å². The van der Waals surface area contributed by atoms with Crippen molar-refractivity contribution < 1.29 is 4.74 Å². The fourth-order valence-electron chi connectivity index (χ4n) is 2.43. The Kier molecular flexibility index (Phi) is 4.77. The Hall–Kier alpha value is -1.84. The van der Waals surface area contributed by atoms with E-state index in [1.807, 2.05) is 12.1 Å². The Bertz CT molecular complexity index is 581. The Morgan fingerprint density at radius 1 is 1.15 bits per heavy atom. The van der Waals surface area contributed by atoms with Crippen LogP contribution >= 0.6 is 0 Å². The first kappa shape index (κ1) is 14.6. The van der Waals surface area contributed by atoms with Crippen LogP contribution in [0, 0.1) is 13.8 Å². The van der Waals surface area contributed by atoms with Crippen LogP contribution in [0.25, 0.3) is 0 Å². The van der Waals surface area contributed by atoms with Gasteiger partial charge in [-0.05, 0) is 49.1 Å². The fraction of sp³-hybridized carbons (Fsp3) is 0.294. The van der Waals surface area contributed by atoms with Gasteiger partial charge in [0, 0.05) is 0 Å². The average Bonchev–Trinajstić information content (AvgIpc) is 2.47. The summed E-state index contributed by atoms with van der Waals surface area (Å²) < 4.78 is 5.27. The van der Waals surface area contributed by atoms with E-state index in [0.29, 0.717) is 0 Å². The smallest absolute Gasteiger partial charge is 0.119 e. The van der Waals surface area contributed by atoms with Crippen molar-refractivity contribution in [1.82, 2.24) is 5.43 Å². The summed E-state index contributed by atoms with van der Waals surface area (Å²) in [5.74, 6) is 6.64. The van der Waals surface area contributed by atoms with Gasteiger partial charge in [0.25, 0.3) is 0 Å². The average molecular weight is 270 g/mol. The number of ether oxygens (including phenoxy) is 1. The molecule has 0 spiro atoms. The molecule has 0 amide bonds. The molecule has 0 bridgehead atoms. The molecular weight excluding hydrogens is 248 g/mol. The third-order valence-electron chi connectivity index (χ3n) is 3.59. The van der Waals surface area contributed by atoms with E-state index in [4.69, 9.17) is 10.6 Å². The van der Waals surface area contributed by atoms with Crippen molar-refractivity contribution in [2.75, 3.05) is 7.11 Å². The monoisotopic (exact) mass is 270 g/mol. The van der Waals surface area contributed by atoms with Gasteiger partial charge < -0.3 is 4.74 Å². The topological polar surface area (TPSA) is 47.3 Å². The maximum absolute atomic E-state index is 5.76. The number of hydrogen-bond acceptors (Lipinski definition) is 3. The van der Waals surface area contributed by atoms with Gasteiger partial charge in [0.1, 0.15) is 5.75 Å². The molecule has 2 aromatic rings. The molecule has 3 nitrogen and oxygen atoms in total. The molecular formula is C17H22N2O. The van der Waals surface area contributed by atoms with Gasteiger partial charge >= 0.3 is 0 Å². The van der Waals surface area contributed by atoms with Crippen LogP contribution in [-0.4, -0.2) is 7.11 Å². The number of aryl methyl sites for hydroxylation is 2. The third-order valence-corrected chi connectivity index (χ3v) is 3.59. The molecule has 0 aliphatic heterocycles. The van der Waals surface area contributed by atoms with Crippen molar-refractivity contribution in [2.45, 2.75) is 26.3 Å². The van der Waals surface area contributed by atoms with Crippen LogP contribution in [0.5, 0.6) is 5.75 Å². The number of hydrogen-bond donors (Lipinski definition) is 2. The van der Waals surface area contributed by atoms with Gasteiger partial charge in [-0.15, -0.1) is 0 Å². The summed E-state index contributed by atoms with van der Waals surface area (Å²) in [5, 5.41) is 0. The molecule has 106 valence electrons. The summed E-state index contributed by atoms with van der Waals surface area (Å²) >= 11 is 0. The second-order valence-corrected chi connectivity index (χ2v) is 5.13. The minimum Gasteiger partial charge on any atom is -0.497 e. The van der Waals surface area contributed by atoms with Crippen LogP contribution in [0.1, 0.15) is 28.3 Å². The summed E-state index contributed by atoms with van der Waals surface area (Å²) in [6, 6.07) is 14.7. The summed E-state index contributed by atoms with van der Waals surface area (Å²) in [6.45, 7) is 4.22. The van der Waals surface area contributed by atoms with Crippen LogP contribution in [0.4, 0.5) is 0 Å². The van der Waals surface area contributed by atoms with Gasteiger partial charge in [-0.2, -0.15) is 0 Å². The van der Waals surface area contributed by atoms with Gasteiger partial charge in [0.2, 0.25) is 0 Å². The fourth-order valence-corrected chi connectivity index (χ4v) is 2.43. The predicted octanol–water partition coefficient (Wildman–Crippen LogP) is 3.06.